The predicted molar refractivity (Wildman–Crippen MR) is 123 cm³/mol. The van der Waals surface area contributed by atoms with Crippen molar-refractivity contribution in [2.24, 2.45) is 0 Å². The third-order valence-corrected chi connectivity index (χ3v) is 5.60. The number of ether oxygens (including phenoxy) is 2. The normalized spacial score (nSPS) is 11.0. The largest absolute Gasteiger partial charge is 0.493 e. The van der Waals surface area contributed by atoms with E-state index in [0.717, 1.165) is 63.5 Å². The van der Waals surface area contributed by atoms with Gasteiger partial charge in [0, 0.05) is 24.0 Å². The number of hydrogen-bond donors (Lipinski definition) is 2. The number of methoxy groups -OCH3 is 1. The minimum Gasteiger partial charge on any atom is -0.493 e. The van der Waals surface area contributed by atoms with Crippen molar-refractivity contribution in [1.29, 1.82) is 0 Å². The summed E-state index contributed by atoms with van der Waals surface area (Å²) in [5, 5.41) is 3.48. The highest BCUT2D eigenvalue weighted by Crippen LogP contribution is 2.34. The summed E-state index contributed by atoms with van der Waals surface area (Å²) in [5.74, 6) is 2.44. The maximum absolute atomic E-state index is 5.97. The van der Waals surface area contributed by atoms with Crippen LogP contribution < -0.4 is 14.8 Å². The van der Waals surface area contributed by atoms with Crippen molar-refractivity contribution in [1.82, 2.24) is 15.3 Å². The van der Waals surface area contributed by atoms with Crippen LogP contribution in [-0.2, 0) is 19.6 Å². The van der Waals surface area contributed by atoms with E-state index in [4.69, 9.17) is 9.47 Å². The molecule has 30 heavy (non-hydrogen) atoms. The summed E-state index contributed by atoms with van der Waals surface area (Å²) < 4.78 is 12.5. The molecule has 4 rings (SSSR count). The lowest BCUT2D eigenvalue weighted by molar-refractivity contribution is 0.284. The fraction of sp³-hybridized carbons (Fsp3) is 0.208. The Morgan fingerprint density at radius 1 is 1.00 bits per heavy atom. The van der Waals surface area contributed by atoms with Gasteiger partial charge >= 0.3 is 0 Å². The molecule has 1 aromatic heterocycles. The molecular weight excluding hydrogens is 442 g/mol. The first-order chi connectivity index (χ1) is 14.7. The Hall–Kier alpha value is -2.83. The molecule has 0 atom stereocenters. The van der Waals surface area contributed by atoms with Crippen LogP contribution in [0.5, 0.6) is 11.5 Å². The van der Waals surface area contributed by atoms with E-state index in [1.165, 1.54) is 0 Å². The molecule has 0 saturated carbocycles. The summed E-state index contributed by atoms with van der Waals surface area (Å²) in [6.07, 6.45) is 0.835. The van der Waals surface area contributed by atoms with Crippen LogP contribution in [0.2, 0.25) is 0 Å². The molecule has 0 unspecified atom stereocenters. The van der Waals surface area contributed by atoms with E-state index in [2.05, 4.69) is 31.2 Å². The number of imidazole rings is 1. The highest BCUT2D eigenvalue weighted by Gasteiger charge is 2.11. The number of aromatic amines is 1. The van der Waals surface area contributed by atoms with Crippen molar-refractivity contribution in [3.63, 3.8) is 0 Å². The number of nitrogens with zero attached hydrogens (tertiary/aromatic N) is 1. The van der Waals surface area contributed by atoms with Crippen molar-refractivity contribution >= 4 is 27.0 Å². The topological polar surface area (TPSA) is 59.2 Å². The lowest BCUT2D eigenvalue weighted by Gasteiger charge is -2.14. The fourth-order valence-electron chi connectivity index (χ4n) is 3.27. The second kappa shape index (κ2) is 9.78. The van der Waals surface area contributed by atoms with Gasteiger partial charge in [0.05, 0.1) is 18.1 Å². The maximum atomic E-state index is 5.97. The first-order valence-corrected chi connectivity index (χ1v) is 10.7. The van der Waals surface area contributed by atoms with Crippen LogP contribution in [0.4, 0.5) is 0 Å². The summed E-state index contributed by atoms with van der Waals surface area (Å²) >= 11 is 3.66. The molecule has 0 bridgehead atoms. The standard InChI is InChI=1S/C24H24BrN3O2/c1-29-22-13-18(19(25)14-23(22)30-16-17-7-3-2-4-8-17)15-26-12-11-24-27-20-9-5-6-10-21(20)28-24/h2-10,13-14,26H,11-12,15-16H2,1H3,(H,27,28). The van der Waals surface area contributed by atoms with E-state index >= 15 is 0 Å². The number of rotatable bonds is 9. The van der Waals surface area contributed by atoms with Gasteiger partial charge in [-0.3, -0.25) is 0 Å². The lowest BCUT2D eigenvalue weighted by Crippen LogP contribution is -2.17. The molecule has 4 aromatic rings. The van der Waals surface area contributed by atoms with Gasteiger partial charge in [-0.05, 0) is 35.4 Å². The zero-order chi connectivity index (χ0) is 20.8. The Bertz CT molecular complexity index is 1080. The Labute approximate surface area is 184 Å². The second-order valence-electron chi connectivity index (χ2n) is 7.00. The number of benzene rings is 3. The molecule has 0 radical (unpaired) electrons. The molecule has 3 aromatic carbocycles. The summed E-state index contributed by atoms with van der Waals surface area (Å²) in [6, 6.07) is 22.2. The molecule has 0 spiro atoms. The van der Waals surface area contributed by atoms with E-state index in [1.54, 1.807) is 7.11 Å². The Morgan fingerprint density at radius 3 is 2.60 bits per heavy atom. The summed E-state index contributed by atoms with van der Waals surface area (Å²) in [7, 11) is 1.66. The van der Waals surface area contributed by atoms with Crippen LogP contribution in [0.1, 0.15) is 17.0 Å². The van der Waals surface area contributed by atoms with E-state index in [0.29, 0.717) is 6.61 Å². The number of H-pyrrole nitrogens is 1. The van der Waals surface area contributed by atoms with Gasteiger partial charge in [0.1, 0.15) is 12.4 Å². The van der Waals surface area contributed by atoms with Crippen molar-refractivity contribution in [2.75, 3.05) is 13.7 Å². The number of halogens is 1. The third kappa shape index (κ3) is 5.01. The smallest absolute Gasteiger partial charge is 0.162 e. The minimum absolute atomic E-state index is 0.499. The maximum Gasteiger partial charge on any atom is 0.162 e. The van der Waals surface area contributed by atoms with Gasteiger partial charge in [-0.25, -0.2) is 4.98 Å². The van der Waals surface area contributed by atoms with Crippen LogP contribution in [0.3, 0.4) is 0 Å². The minimum atomic E-state index is 0.499. The zero-order valence-electron chi connectivity index (χ0n) is 16.8. The van der Waals surface area contributed by atoms with Gasteiger partial charge < -0.3 is 19.8 Å². The van der Waals surface area contributed by atoms with Crippen molar-refractivity contribution in [3.8, 4) is 11.5 Å². The average molecular weight is 466 g/mol. The average Bonchev–Trinajstić information content (AvgIpc) is 3.20. The molecule has 154 valence electrons. The van der Waals surface area contributed by atoms with Crippen molar-refractivity contribution in [3.05, 3.63) is 88.2 Å². The summed E-state index contributed by atoms with van der Waals surface area (Å²) in [6.45, 7) is 2.04. The molecule has 0 fully saturated rings. The van der Waals surface area contributed by atoms with E-state index < -0.39 is 0 Å². The number of para-hydroxylation sites is 2. The first kappa shape index (κ1) is 20.4. The fourth-order valence-corrected chi connectivity index (χ4v) is 3.74. The monoisotopic (exact) mass is 465 g/mol. The van der Waals surface area contributed by atoms with E-state index in [1.807, 2.05) is 66.7 Å². The van der Waals surface area contributed by atoms with Gasteiger partial charge in [-0.2, -0.15) is 0 Å². The number of hydrogen-bond acceptors (Lipinski definition) is 4. The first-order valence-electron chi connectivity index (χ1n) is 9.90. The van der Waals surface area contributed by atoms with Gasteiger partial charge in [0.25, 0.3) is 0 Å². The predicted octanol–water partition coefficient (Wildman–Crippen LogP) is 5.25. The van der Waals surface area contributed by atoms with Crippen LogP contribution in [0.15, 0.2) is 71.2 Å². The Kier molecular flexibility index (Phi) is 6.67. The Balaban J connectivity index is 1.34. The molecular formula is C24H24BrN3O2. The molecule has 0 aliphatic carbocycles. The molecule has 1 heterocycles. The van der Waals surface area contributed by atoms with E-state index in [-0.39, 0.29) is 0 Å². The molecule has 0 aliphatic heterocycles. The van der Waals surface area contributed by atoms with Crippen molar-refractivity contribution < 1.29 is 9.47 Å². The highest BCUT2D eigenvalue weighted by molar-refractivity contribution is 9.10. The molecule has 0 aliphatic rings. The van der Waals surface area contributed by atoms with Crippen LogP contribution in [0, 0.1) is 0 Å². The molecule has 6 heteroatoms. The van der Waals surface area contributed by atoms with E-state index in [9.17, 15) is 0 Å². The van der Waals surface area contributed by atoms with Gasteiger partial charge in [-0.15, -0.1) is 0 Å². The molecule has 5 nitrogen and oxygen atoms in total. The molecule has 0 amide bonds. The summed E-state index contributed by atoms with van der Waals surface area (Å²) in [4.78, 5) is 7.98. The van der Waals surface area contributed by atoms with Crippen LogP contribution in [0.25, 0.3) is 11.0 Å². The molecule has 0 saturated heterocycles. The Morgan fingerprint density at radius 2 is 1.80 bits per heavy atom. The quantitative estimate of drug-likeness (QED) is 0.331. The van der Waals surface area contributed by atoms with Gasteiger partial charge in [0.2, 0.25) is 0 Å². The summed E-state index contributed by atoms with van der Waals surface area (Å²) in [5.41, 5.74) is 4.31. The number of nitrogens with one attached hydrogen (secondary N) is 2. The lowest BCUT2D eigenvalue weighted by atomic mass is 10.2. The zero-order valence-corrected chi connectivity index (χ0v) is 18.4. The van der Waals surface area contributed by atoms with Gasteiger partial charge in [0.15, 0.2) is 11.5 Å². The van der Waals surface area contributed by atoms with Gasteiger partial charge in [-0.1, -0.05) is 58.4 Å². The highest BCUT2D eigenvalue weighted by atomic mass is 79.9. The number of aromatic nitrogens is 2. The SMILES string of the molecule is COc1cc(CNCCc2nc3ccccc3[nH]2)c(Br)cc1OCc1ccccc1. The van der Waals surface area contributed by atoms with Crippen molar-refractivity contribution in [2.45, 2.75) is 19.6 Å². The second-order valence-corrected chi connectivity index (χ2v) is 7.85. The number of fused-ring (bicyclic) bond motifs is 1. The van der Waals surface area contributed by atoms with Crippen LogP contribution in [-0.4, -0.2) is 23.6 Å². The van der Waals surface area contributed by atoms with Crippen LogP contribution >= 0.6 is 15.9 Å². The third-order valence-electron chi connectivity index (χ3n) is 4.86. The molecule has 2 N–H and O–H groups in total.